The molecule has 0 atom stereocenters. The molecule has 27 heavy (non-hydrogen) atoms. The van der Waals surface area contributed by atoms with Crippen molar-refractivity contribution < 1.29 is 19.4 Å². The van der Waals surface area contributed by atoms with Crippen molar-refractivity contribution in [2.24, 2.45) is 0 Å². The minimum absolute atomic E-state index is 0.140. The third-order valence-corrected chi connectivity index (χ3v) is 3.84. The molecule has 140 valence electrons. The molecule has 0 saturated heterocycles. The molecule has 7 heteroatoms. The number of carboxylic acids is 1. The van der Waals surface area contributed by atoms with E-state index in [9.17, 15) is 14.7 Å². The van der Waals surface area contributed by atoms with Crippen molar-refractivity contribution in [3.63, 3.8) is 0 Å². The van der Waals surface area contributed by atoms with Gasteiger partial charge < -0.3 is 9.84 Å². The third-order valence-electron chi connectivity index (χ3n) is 3.84. The molecule has 0 aliphatic carbocycles. The van der Waals surface area contributed by atoms with E-state index in [2.05, 4.69) is 10.4 Å². The molecule has 0 aliphatic rings. The highest BCUT2D eigenvalue weighted by molar-refractivity contribution is 6.03. The van der Waals surface area contributed by atoms with Crippen LogP contribution in [0, 0.1) is 6.92 Å². The van der Waals surface area contributed by atoms with E-state index in [0.717, 1.165) is 5.69 Å². The molecule has 0 saturated carbocycles. The first-order chi connectivity index (χ1) is 12.7. The monoisotopic (exact) mass is 367 g/mol. The number of hydrogen-bond acceptors (Lipinski definition) is 4. The van der Waals surface area contributed by atoms with Crippen molar-refractivity contribution in [3.8, 4) is 5.69 Å². The molecule has 7 nitrogen and oxygen atoms in total. The second-order valence-electron chi connectivity index (χ2n) is 7.22. The maximum absolute atomic E-state index is 12.4. The molecule has 1 amide bonds. The number of aryl methyl sites for hydroxylation is 1. The van der Waals surface area contributed by atoms with Crippen LogP contribution in [0.5, 0.6) is 0 Å². The lowest BCUT2D eigenvalue weighted by molar-refractivity contribution is 0.0633. The van der Waals surface area contributed by atoms with Gasteiger partial charge in [-0.15, -0.1) is 0 Å². The van der Waals surface area contributed by atoms with Crippen LogP contribution in [0.25, 0.3) is 16.6 Å². The first kappa shape index (κ1) is 18.4. The number of para-hydroxylation sites is 1. The average Bonchev–Trinajstić information content (AvgIpc) is 2.92. The van der Waals surface area contributed by atoms with Gasteiger partial charge in [-0.1, -0.05) is 18.2 Å². The Bertz CT molecular complexity index is 1020. The summed E-state index contributed by atoms with van der Waals surface area (Å²) in [5, 5.41) is 17.3. The predicted molar refractivity (Wildman–Crippen MR) is 103 cm³/mol. The zero-order valence-electron chi connectivity index (χ0n) is 15.6. The Hall–Kier alpha value is -3.35. The largest absolute Gasteiger partial charge is 0.478 e. The van der Waals surface area contributed by atoms with E-state index >= 15 is 0 Å². The molecule has 0 spiro atoms. The van der Waals surface area contributed by atoms with Crippen LogP contribution in [0.1, 0.15) is 36.7 Å². The Labute approximate surface area is 156 Å². The van der Waals surface area contributed by atoms with Gasteiger partial charge >= 0.3 is 12.1 Å². The van der Waals surface area contributed by atoms with Crippen LogP contribution < -0.4 is 5.32 Å². The van der Waals surface area contributed by atoms with Gasteiger partial charge in [0.1, 0.15) is 11.4 Å². The van der Waals surface area contributed by atoms with Crippen molar-refractivity contribution in [2.75, 3.05) is 5.32 Å². The van der Waals surface area contributed by atoms with E-state index in [4.69, 9.17) is 4.74 Å². The fourth-order valence-corrected chi connectivity index (χ4v) is 2.81. The summed E-state index contributed by atoms with van der Waals surface area (Å²) in [5.74, 6) is -0.601. The van der Waals surface area contributed by atoms with E-state index in [1.165, 1.54) is 6.07 Å². The number of hydrogen-bond donors (Lipinski definition) is 2. The maximum Gasteiger partial charge on any atom is 0.413 e. The number of amides is 1. The lowest BCUT2D eigenvalue weighted by Gasteiger charge is -2.20. The lowest BCUT2D eigenvalue weighted by Crippen LogP contribution is -2.28. The van der Waals surface area contributed by atoms with Crippen molar-refractivity contribution in [1.82, 2.24) is 9.78 Å². The summed E-state index contributed by atoms with van der Waals surface area (Å²) in [6.45, 7) is 7.13. The number of aromatic carboxylic acids is 1. The zero-order valence-corrected chi connectivity index (χ0v) is 15.6. The Morgan fingerprint density at radius 1 is 1.15 bits per heavy atom. The smallest absolute Gasteiger partial charge is 0.413 e. The summed E-state index contributed by atoms with van der Waals surface area (Å²) in [6, 6.07) is 12.3. The van der Waals surface area contributed by atoms with Crippen LogP contribution in [0.15, 0.2) is 42.5 Å². The first-order valence-corrected chi connectivity index (χ1v) is 8.48. The molecule has 2 N–H and O–H groups in total. The number of rotatable bonds is 3. The predicted octanol–water partition coefficient (Wildman–Crippen LogP) is 4.38. The molecule has 1 heterocycles. The van der Waals surface area contributed by atoms with E-state index < -0.39 is 17.7 Å². The highest BCUT2D eigenvalue weighted by Crippen LogP contribution is 2.31. The highest BCUT2D eigenvalue weighted by atomic mass is 16.6. The second-order valence-corrected chi connectivity index (χ2v) is 7.22. The molecule has 0 bridgehead atoms. The molecule has 1 aromatic heterocycles. The summed E-state index contributed by atoms with van der Waals surface area (Å²) < 4.78 is 6.94. The fourth-order valence-electron chi connectivity index (χ4n) is 2.81. The minimum atomic E-state index is -1.03. The van der Waals surface area contributed by atoms with E-state index in [1.54, 1.807) is 38.4 Å². The number of carboxylic acid groups (broad SMARTS) is 1. The van der Waals surface area contributed by atoms with Crippen LogP contribution in [0.3, 0.4) is 0 Å². The molecular formula is C20H21N3O4. The van der Waals surface area contributed by atoms with Gasteiger partial charge in [-0.05, 0) is 57.5 Å². The van der Waals surface area contributed by atoms with Crippen LogP contribution >= 0.6 is 0 Å². The van der Waals surface area contributed by atoms with Gasteiger partial charge in [-0.2, -0.15) is 5.10 Å². The zero-order chi connectivity index (χ0) is 19.8. The SMILES string of the molecule is Cc1cc(C(=O)O)cc2nn(-c3ccccc3)c(NC(=O)OC(C)(C)C)c12. The fraction of sp³-hybridized carbons (Fsp3) is 0.250. The standard InChI is InChI=1S/C20H21N3O4/c1-12-10-13(18(24)25)11-15-16(12)17(21-19(26)27-20(2,3)4)23(22-15)14-8-6-5-7-9-14/h5-11H,1-4H3,(H,21,26)(H,24,25). The number of nitrogens with zero attached hydrogens (tertiary/aromatic N) is 2. The number of nitrogens with one attached hydrogen (secondary N) is 1. The minimum Gasteiger partial charge on any atom is -0.478 e. The van der Waals surface area contributed by atoms with Gasteiger partial charge in [-0.25, -0.2) is 14.3 Å². The summed E-state index contributed by atoms with van der Waals surface area (Å²) in [4.78, 5) is 23.7. The second kappa shape index (κ2) is 6.75. The Morgan fingerprint density at radius 3 is 2.41 bits per heavy atom. The lowest BCUT2D eigenvalue weighted by atomic mass is 10.1. The molecule has 0 aliphatic heterocycles. The van der Waals surface area contributed by atoms with E-state index in [1.807, 2.05) is 30.3 Å². The molecule has 3 rings (SSSR count). The number of carbonyl (C=O) groups is 2. The summed E-state index contributed by atoms with van der Waals surface area (Å²) >= 11 is 0. The van der Waals surface area contributed by atoms with Crippen LogP contribution in [0.2, 0.25) is 0 Å². The van der Waals surface area contributed by atoms with Crippen LogP contribution in [-0.2, 0) is 4.74 Å². The molecule has 0 unspecified atom stereocenters. The first-order valence-electron chi connectivity index (χ1n) is 8.48. The average molecular weight is 367 g/mol. The van der Waals surface area contributed by atoms with Gasteiger partial charge in [0.05, 0.1) is 16.8 Å². The number of aromatic nitrogens is 2. The number of ether oxygens (including phenoxy) is 1. The van der Waals surface area contributed by atoms with Crippen molar-refractivity contribution in [2.45, 2.75) is 33.3 Å². The molecule has 0 radical (unpaired) electrons. The highest BCUT2D eigenvalue weighted by Gasteiger charge is 2.22. The normalized spacial score (nSPS) is 11.4. The van der Waals surface area contributed by atoms with Crippen molar-refractivity contribution in [3.05, 3.63) is 53.6 Å². The third kappa shape index (κ3) is 3.92. The number of fused-ring (bicyclic) bond motifs is 1. The van der Waals surface area contributed by atoms with Crippen LogP contribution in [0.4, 0.5) is 10.6 Å². The van der Waals surface area contributed by atoms with E-state index in [-0.39, 0.29) is 5.56 Å². The Kier molecular flexibility index (Phi) is 4.61. The Balaban J connectivity index is 2.18. The van der Waals surface area contributed by atoms with Crippen molar-refractivity contribution >= 4 is 28.8 Å². The number of carbonyl (C=O) groups excluding carboxylic acids is 1. The number of benzene rings is 2. The quantitative estimate of drug-likeness (QED) is 0.716. The molecule has 2 aromatic carbocycles. The van der Waals surface area contributed by atoms with Crippen molar-refractivity contribution in [1.29, 1.82) is 0 Å². The van der Waals surface area contributed by atoms with Gasteiger partial charge in [0, 0.05) is 5.39 Å². The maximum atomic E-state index is 12.4. The molecular weight excluding hydrogens is 346 g/mol. The number of anilines is 1. The van der Waals surface area contributed by atoms with Gasteiger partial charge in [0.25, 0.3) is 0 Å². The van der Waals surface area contributed by atoms with Crippen LogP contribution in [-0.4, -0.2) is 32.6 Å². The van der Waals surface area contributed by atoms with E-state index in [0.29, 0.717) is 22.3 Å². The topological polar surface area (TPSA) is 93.5 Å². The Morgan fingerprint density at radius 2 is 1.81 bits per heavy atom. The summed E-state index contributed by atoms with van der Waals surface area (Å²) in [7, 11) is 0. The molecule has 0 fully saturated rings. The molecule has 3 aromatic rings. The van der Waals surface area contributed by atoms with Gasteiger partial charge in [0.2, 0.25) is 0 Å². The van der Waals surface area contributed by atoms with Gasteiger partial charge in [-0.3, -0.25) is 5.32 Å². The summed E-state index contributed by atoms with van der Waals surface area (Å²) in [5.41, 5.74) is 1.39. The summed E-state index contributed by atoms with van der Waals surface area (Å²) in [6.07, 6.45) is -0.608. The van der Waals surface area contributed by atoms with Gasteiger partial charge in [0.15, 0.2) is 0 Å².